The average molecular weight is 617 g/mol. The van der Waals surface area contributed by atoms with Crippen molar-refractivity contribution in [2.75, 3.05) is 0 Å². The number of fused-ring (bicyclic) bond motifs is 3. The van der Waals surface area contributed by atoms with E-state index in [0.29, 0.717) is 0 Å². The van der Waals surface area contributed by atoms with Crippen molar-refractivity contribution < 1.29 is 72.2 Å². The minimum Gasteiger partial charge on any atom is -1.00 e. The van der Waals surface area contributed by atoms with Gasteiger partial charge in [0.25, 0.3) is 0 Å². The Morgan fingerprint density at radius 3 is 2.08 bits per heavy atom. The van der Waals surface area contributed by atoms with Crippen LogP contribution in [0.25, 0.3) is 11.1 Å². The van der Waals surface area contributed by atoms with Crippen LogP contribution in [0.5, 0.6) is 0 Å². The summed E-state index contributed by atoms with van der Waals surface area (Å²) in [6.07, 6.45) is 1.05. The molecule has 4 rings (SSSR count). The largest absolute Gasteiger partial charge is 1.00 e. The van der Waals surface area contributed by atoms with E-state index in [0.717, 1.165) is 6.42 Å². The van der Waals surface area contributed by atoms with Crippen molar-refractivity contribution in [1.29, 1.82) is 0 Å². The molecule has 124 valence electrons. The minimum absolute atomic E-state index is 0. The molecule has 0 aromatic heterocycles. The summed E-state index contributed by atoms with van der Waals surface area (Å²) in [5.74, 6) is 0. The summed E-state index contributed by atoms with van der Waals surface area (Å²) in [4.78, 5) is 0. The molecule has 0 amide bonds. The van der Waals surface area contributed by atoms with E-state index in [9.17, 15) is 0 Å². The van der Waals surface area contributed by atoms with Crippen molar-refractivity contribution in [2.45, 2.75) is 20.3 Å². The Morgan fingerprint density at radius 2 is 1.50 bits per heavy atom. The van der Waals surface area contributed by atoms with Crippen LogP contribution >= 0.6 is 0 Å². The average Bonchev–Trinajstić information content (AvgIpc) is 3.18. The monoisotopic (exact) mass is 616 g/mol. The van der Waals surface area contributed by atoms with Crippen LogP contribution in [0.15, 0.2) is 72.8 Å². The molecule has 3 heteroatoms. The van der Waals surface area contributed by atoms with Gasteiger partial charge < -0.3 is 48.0 Å². The summed E-state index contributed by atoms with van der Waals surface area (Å²) >= 11 is 1.55. The molecule has 0 atom stereocenters. The van der Waals surface area contributed by atoms with Crippen LogP contribution in [0.4, 0.5) is 0 Å². The minimum atomic E-state index is 0. The molecule has 24 heavy (non-hydrogen) atoms. The fraction of sp³-hybridized carbons (Fsp3) is 0.143. The number of benzene rings is 2. The Bertz CT molecular complexity index is 653. The second-order valence-corrected chi connectivity index (χ2v) is 7.82. The Balaban J connectivity index is 0.000000409. The first kappa shape index (κ1) is 24.0. The zero-order chi connectivity index (χ0) is 15.8. The fourth-order valence-corrected chi connectivity index (χ4v) is 2.32. The third kappa shape index (κ3) is 7.92. The van der Waals surface area contributed by atoms with E-state index in [2.05, 4.69) is 56.3 Å². The molecule has 0 nitrogen and oxygen atoms in total. The Morgan fingerprint density at radius 1 is 0.917 bits per heavy atom. The van der Waals surface area contributed by atoms with Crippen molar-refractivity contribution in [3.8, 4) is 11.1 Å². The molecule has 0 unspecified atom stereocenters. The summed E-state index contributed by atoms with van der Waals surface area (Å²) < 4.78 is 1.51. The quantitative estimate of drug-likeness (QED) is 0.180. The molecule has 3 aromatic carbocycles. The SMILES string of the molecule is C[C](C)=[Zr+2].[I-].[I-].[c-]1cccc2c1Cc1ccccc1-2.c1cc[cH-]c1. The van der Waals surface area contributed by atoms with Crippen LogP contribution in [0.1, 0.15) is 25.0 Å². The van der Waals surface area contributed by atoms with Crippen LogP contribution in [-0.4, -0.2) is 3.21 Å². The predicted octanol–water partition coefficient (Wildman–Crippen LogP) is -0.783. The summed E-state index contributed by atoms with van der Waals surface area (Å²) in [6.45, 7) is 4.25. The molecule has 1 aliphatic carbocycles. The Labute approximate surface area is 194 Å². The standard InChI is InChI=1S/C13H9.C5H5.C3H6.2HI.Zr/c1-3-7-12-10(5-1)9-11-6-2-4-8-13(11)12;1-2-4-5-3-1;1-3-2;;;/h1-5,7-8H,9H2;1-5H;1-2H3;2*1H;/q2*-1;;;;+2/p-2. The predicted molar refractivity (Wildman–Crippen MR) is 91.9 cm³/mol. The fourth-order valence-electron chi connectivity index (χ4n) is 2.32. The molecule has 0 saturated carbocycles. The van der Waals surface area contributed by atoms with E-state index in [1.807, 2.05) is 36.4 Å². The molecule has 0 N–H and O–H groups in total. The first-order valence-electron chi connectivity index (χ1n) is 7.45. The van der Waals surface area contributed by atoms with Crippen molar-refractivity contribution in [3.63, 3.8) is 0 Å². The molecule has 0 fully saturated rings. The zero-order valence-corrected chi connectivity index (χ0v) is 20.7. The van der Waals surface area contributed by atoms with Gasteiger partial charge in [-0.25, -0.2) is 12.1 Å². The maximum absolute atomic E-state index is 3.30. The van der Waals surface area contributed by atoms with E-state index < -0.39 is 0 Å². The van der Waals surface area contributed by atoms with Crippen LogP contribution in [-0.2, 0) is 30.7 Å². The van der Waals surface area contributed by atoms with Gasteiger partial charge in [-0.1, -0.05) is 35.4 Å². The van der Waals surface area contributed by atoms with E-state index in [4.69, 9.17) is 0 Å². The molecular weight excluding hydrogens is 597 g/mol. The van der Waals surface area contributed by atoms with E-state index in [1.165, 1.54) is 25.5 Å². The maximum atomic E-state index is 3.30. The van der Waals surface area contributed by atoms with Crippen molar-refractivity contribution in [1.82, 2.24) is 0 Å². The molecule has 0 spiro atoms. The van der Waals surface area contributed by atoms with E-state index in [-0.39, 0.29) is 48.0 Å². The molecule has 0 aliphatic heterocycles. The van der Waals surface area contributed by atoms with Crippen molar-refractivity contribution >= 4 is 3.21 Å². The van der Waals surface area contributed by atoms with Gasteiger partial charge in [0.1, 0.15) is 0 Å². The molecule has 0 saturated heterocycles. The van der Waals surface area contributed by atoms with Crippen molar-refractivity contribution in [2.24, 2.45) is 0 Å². The van der Waals surface area contributed by atoms with Crippen molar-refractivity contribution in [3.05, 3.63) is 90.0 Å². The molecule has 3 aromatic rings. The summed E-state index contributed by atoms with van der Waals surface area (Å²) in [6, 6.07) is 28.1. The number of halogens is 2. The van der Waals surface area contributed by atoms with Gasteiger partial charge in [0, 0.05) is 0 Å². The van der Waals surface area contributed by atoms with Gasteiger partial charge in [-0.3, -0.25) is 0 Å². The Kier molecular flexibility index (Phi) is 13.2. The van der Waals surface area contributed by atoms with E-state index >= 15 is 0 Å². The Hall–Kier alpha value is 0.00312. The maximum Gasteiger partial charge on any atom is -0.0253 e. The van der Waals surface area contributed by atoms with Gasteiger partial charge in [0.05, 0.1) is 0 Å². The van der Waals surface area contributed by atoms with Crippen LogP contribution in [0, 0.1) is 6.07 Å². The summed E-state index contributed by atoms with van der Waals surface area (Å²) in [5.41, 5.74) is 5.51. The van der Waals surface area contributed by atoms with Crippen LogP contribution in [0.3, 0.4) is 0 Å². The van der Waals surface area contributed by atoms with Gasteiger partial charge in [-0.2, -0.15) is 48.0 Å². The van der Waals surface area contributed by atoms with Gasteiger partial charge >= 0.3 is 41.3 Å². The second kappa shape index (κ2) is 13.2. The van der Waals surface area contributed by atoms with Gasteiger partial charge in [-0.15, -0.1) is 5.56 Å². The number of hydrogen-bond acceptors (Lipinski definition) is 0. The van der Waals surface area contributed by atoms with Crippen LogP contribution < -0.4 is 48.0 Å². The smallest absolute Gasteiger partial charge is 0.0253 e. The molecular formula is C21H20I2Zr-2. The number of hydrogen-bond donors (Lipinski definition) is 0. The third-order valence-corrected chi connectivity index (χ3v) is 3.17. The number of rotatable bonds is 0. The topological polar surface area (TPSA) is 0 Å². The molecule has 0 bridgehead atoms. The van der Waals surface area contributed by atoms with Crippen LogP contribution in [0.2, 0.25) is 0 Å². The first-order valence-corrected chi connectivity index (χ1v) is 8.67. The normalized spacial score (nSPS) is 9.50. The molecule has 1 aliphatic rings. The first-order chi connectivity index (χ1) is 10.7. The third-order valence-electron chi connectivity index (χ3n) is 3.17. The summed E-state index contributed by atoms with van der Waals surface area (Å²) in [7, 11) is 0. The zero-order valence-electron chi connectivity index (χ0n) is 13.9. The summed E-state index contributed by atoms with van der Waals surface area (Å²) in [5, 5.41) is 0. The van der Waals surface area contributed by atoms with Gasteiger partial charge in [-0.05, 0) is 6.42 Å². The van der Waals surface area contributed by atoms with Gasteiger partial charge in [0.15, 0.2) is 0 Å². The molecule has 0 radical (unpaired) electrons. The second-order valence-electron chi connectivity index (χ2n) is 5.36. The van der Waals surface area contributed by atoms with Gasteiger partial charge in [0.2, 0.25) is 0 Å². The molecule has 0 heterocycles. The van der Waals surface area contributed by atoms with E-state index in [1.54, 1.807) is 24.2 Å².